The van der Waals surface area contributed by atoms with E-state index in [2.05, 4.69) is 16.4 Å². The van der Waals surface area contributed by atoms with E-state index >= 15 is 0 Å². The highest BCUT2D eigenvalue weighted by molar-refractivity contribution is 6.22. The van der Waals surface area contributed by atoms with Crippen molar-refractivity contribution in [2.45, 2.75) is 32.5 Å². The summed E-state index contributed by atoms with van der Waals surface area (Å²) < 4.78 is 1.75. The number of carbonyl (C=O) groups excluding carboxylic acids is 3. The van der Waals surface area contributed by atoms with Gasteiger partial charge in [0.25, 0.3) is 5.91 Å². The lowest BCUT2D eigenvalue weighted by Crippen LogP contribution is -3.00. The van der Waals surface area contributed by atoms with Crippen LogP contribution in [0, 0.1) is 11.8 Å². The van der Waals surface area contributed by atoms with Crippen LogP contribution in [0.1, 0.15) is 40.9 Å². The lowest BCUT2D eigenvalue weighted by atomic mass is 9.76. The quantitative estimate of drug-likeness (QED) is 0.129. The van der Waals surface area contributed by atoms with E-state index in [9.17, 15) is 29.4 Å². The number of pyridine rings is 1. The number of β-lactam (4-membered cyclic amide) rings is 1. The molecule has 13 heteroatoms. The van der Waals surface area contributed by atoms with Crippen molar-refractivity contribution in [3.8, 4) is 11.1 Å². The first-order valence-electron chi connectivity index (χ1n) is 16.7. The maximum atomic E-state index is 13.7. The molecule has 4 atom stereocenters. The fourth-order valence-electron chi connectivity index (χ4n) is 9.09. The van der Waals surface area contributed by atoms with Gasteiger partial charge in [0.15, 0.2) is 12.3 Å². The third-order valence-electron chi connectivity index (χ3n) is 11.7. The van der Waals surface area contributed by atoms with Gasteiger partial charge in [-0.15, -0.1) is 0 Å². The number of amides is 2. The number of anilines is 1. The summed E-state index contributed by atoms with van der Waals surface area (Å²) in [5, 5.41) is 23.4. The van der Waals surface area contributed by atoms with Crippen molar-refractivity contribution in [3.63, 3.8) is 0 Å². The van der Waals surface area contributed by atoms with Crippen molar-refractivity contribution < 1.29 is 63.2 Å². The van der Waals surface area contributed by atoms with Gasteiger partial charge in [0, 0.05) is 28.8 Å². The van der Waals surface area contributed by atoms with Crippen LogP contribution in [0.4, 0.5) is 5.69 Å². The largest absolute Gasteiger partial charge is 1.00 e. The zero-order chi connectivity index (χ0) is 33.5. The topological polar surface area (TPSA) is 137 Å². The molecule has 3 N–H and O–H groups in total. The summed E-state index contributed by atoms with van der Waals surface area (Å²) in [6.45, 7) is 10.5. The molecule has 4 saturated heterocycles. The van der Waals surface area contributed by atoms with Crippen LogP contribution in [0.5, 0.6) is 0 Å². The van der Waals surface area contributed by atoms with Gasteiger partial charge in [0.1, 0.15) is 51.5 Å². The molecule has 2 bridgehead atoms. The minimum atomic E-state index is -1.18. The van der Waals surface area contributed by atoms with Gasteiger partial charge in [0.05, 0.1) is 29.9 Å². The number of carboxylic acids is 1. The number of halogens is 2. The number of nitrogens with one attached hydrogen (secondary N) is 1. The molecule has 0 radical (unpaired) electrons. The van der Waals surface area contributed by atoms with E-state index in [1.165, 1.54) is 4.90 Å². The average molecular weight is 721 g/mol. The van der Waals surface area contributed by atoms with Crippen LogP contribution in [0.15, 0.2) is 66.6 Å². The Balaban J connectivity index is 0.00000216. The van der Waals surface area contributed by atoms with E-state index in [0.29, 0.717) is 34.5 Å². The van der Waals surface area contributed by atoms with Crippen LogP contribution in [0.3, 0.4) is 0 Å². The van der Waals surface area contributed by atoms with Gasteiger partial charge >= 0.3 is 5.97 Å². The molecular formula is C37H39Cl2N5O6. The molecule has 0 saturated carbocycles. The molecule has 11 nitrogen and oxygen atoms in total. The SMILES string of the molecule is C[C@@H](O)[C@H]1C(=O)N2C(C(=O)O)=C(c3ccc4c(c3)-c3ccc(C[N+]56CC[N+](CC(=O)Nc7cccnc7)(CC5)CC6)cc3C4=O)[C@H](C)[C@H]12.[Cl-].[Cl-]. The van der Waals surface area contributed by atoms with Crippen molar-refractivity contribution in [1.29, 1.82) is 0 Å². The molecule has 6 aliphatic rings. The predicted molar refractivity (Wildman–Crippen MR) is 176 cm³/mol. The second-order valence-electron chi connectivity index (χ2n) is 14.4. The van der Waals surface area contributed by atoms with Crippen molar-refractivity contribution in [1.82, 2.24) is 9.88 Å². The first-order valence-corrected chi connectivity index (χ1v) is 16.7. The smallest absolute Gasteiger partial charge is 0.352 e. The number of aliphatic carboxylic acids is 1. The fraction of sp³-hybridized carbons (Fsp3) is 0.378. The van der Waals surface area contributed by atoms with Gasteiger partial charge in [0.2, 0.25) is 5.91 Å². The monoisotopic (exact) mass is 719 g/mol. The number of carboxylic acid groups (broad SMARTS) is 1. The third-order valence-corrected chi connectivity index (χ3v) is 11.7. The van der Waals surface area contributed by atoms with Crippen LogP contribution < -0.4 is 30.1 Å². The molecule has 1 aromatic heterocycles. The molecule has 4 fully saturated rings. The minimum Gasteiger partial charge on any atom is -1.00 e. The Hall–Kier alpha value is -4.13. The number of nitrogens with zero attached hydrogens (tertiary/aromatic N) is 4. The molecule has 0 spiro atoms. The first kappa shape index (κ1) is 35.7. The Bertz CT molecular complexity index is 1920. The zero-order valence-corrected chi connectivity index (χ0v) is 29.3. The Morgan fingerprint density at radius 1 is 0.940 bits per heavy atom. The van der Waals surface area contributed by atoms with Crippen LogP contribution >= 0.6 is 0 Å². The number of carbonyl (C=O) groups is 4. The predicted octanol–water partition coefficient (Wildman–Crippen LogP) is -3.25. The number of hydrogen-bond acceptors (Lipinski definition) is 6. The maximum absolute atomic E-state index is 13.7. The van der Waals surface area contributed by atoms with Crippen LogP contribution in [0.2, 0.25) is 0 Å². The Morgan fingerprint density at radius 3 is 2.26 bits per heavy atom. The number of aliphatic hydroxyl groups excluding tert-OH is 1. The molecule has 2 aromatic carbocycles. The number of piperazine rings is 3. The van der Waals surface area contributed by atoms with Crippen molar-refractivity contribution in [2.24, 2.45) is 11.8 Å². The Labute approximate surface area is 302 Å². The van der Waals surface area contributed by atoms with E-state index in [1.54, 1.807) is 31.5 Å². The van der Waals surface area contributed by atoms with E-state index in [4.69, 9.17) is 0 Å². The fourth-order valence-corrected chi connectivity index (χ4v) is 9.09. The molecular weight excluding hydrogens is 681 g/mol. The Morgan fingerprint density at radius 2 is 1.62 bits per heavy atom. The van der Waals surface area contributed by atoms with Crippen molar-refractivity contribution in [3.05, 3.63) is 88.9 Å². The molecule has 262 valence electrons. The highest BCUT2D eigenvalue weighted by Crippen LogP contribution is 2.51. The van der Waals surface area contributed by atoms with Gasteiger partial charge in [-0.2, -0.15) is 0 Å². The van der Waals surface area contributed by atoms with Crippen LogP contribution in [-0.2, 0) is 20.9 Å². The van der Waals surface area contributed by atoms with Gasteiger partial charge in [-0.3, -0.25) is 19.4 Å². The molecule has 3 aromatic rings. The molecule has 0 unspecified atom stereocenters. The number of quaternary nitrogens is 2. The normalized spacial score (nSPS) is 27.7. The summed E-state index contributed by atoms with van der Waals surface area (Å²) >= 11 is 0. The second kappa shape index (κ2) is 12.9. The molecule has 1 aliphatic carbocycles. The standard InChI is InChI=1S/C37H37N5O6.2ClH/c1-21-31(34(37(47)48)40-33(21)32(22(2)43)36(40)46)24-6-8-27-28(17-24)26-7-5-23(16-29(26)35(27)45)19-41-10-13-42(14-11-41,15-12-41)20-30(44)39-25-4-3-9-38-18-25;;/h3-9,16-18,21-22,32-33,43H,10-15,19-20H2,1-2H3;2*1H/t21-,22+,32+,33+,41?,42?;;/m0../s1. The van der Waals surface area contributed by atoms with E-state index < -0.39 is 24.0 Å². The van der Waals surface area contributed by atoms with Crippen molar-refractivity contribution in [2.75, 3.05) is 51.1 Å². The molecule has 50 heavy (non-hydrogen) atoms. The molecule has 2 amide bonds. The van der Waals surface area contributed by atoms with Crippen LogP contribution in [-0.4, -0.2) is 111 Å². The highest BCUT2D eigenvalue weighted by Gasteiger charge is 2.60. The van der Waals surface area contributed by atoms with Gasteiger partial charge in [-0.05, 0) is 59.5 Å². The molecule has 5 aliphatic heterocycles. The number of rotatable bonds is 8. The highest BCUT2D eigenvalue weighted by atomic mass is 35.5. The average Bonchev–Trinajstić information content (AvgIpc) is 3.49. The number of ketones is 1. The van der Waals surface area contributed by atoms with Crippen LogP contribution in [0.25, 0.3) is 16.7 Å². The summed E-state index contributed by atoms with van der Waals surface area (Å²) in [5.41, 5.74) is 5.86. The zero-order valence-electron chi connectivity index (χ0n) is 27.8. The summed E-state index contributed by atoms with van der Waals surface area (Å²) in [6.07, 6.45) is 2.47. The number of aliphatic hydroxyl groups is 1. The molecule has 9 rings (SSSR count). The number of benzene rings is 2. The first-order chi connectivity index (χ1) is 23.0. The summed E-state index contributed by atoms with van der Waals surface area (Å²) in [5.74, 6) is -2.49. The Kier molecular flexibility index (Phi) is 9.20. The minimum absolute atomic E-state index is 0. The van der Waals surface area contributed by atoms with E-state index in [0.717, 1.165) is 71.5 Å². The van der Waals surface area contributed by atoms with Crippen molar-refractivity contribution >= 4 is 34.8 Å². The molecule has 6 heterocycles. The lowest BCUT2D eigenvalue weighted by molar-refractivity contribution is -1.08. The third kappa shape index (κ3) is 5.52. The van der Waals surface area contributed by atoms with Gasteiger partial charge in [-0.1, -0.05) is 25.1 Å². The summed E-state index contributed by atoms with van der Waals surface area (Å²) in [7, 11) is 0. The second-order valence-corrected chi connectivity index (χ2v) is 14.4. The van der Waals surface area contributed by atoms with E-state index in [-0.39, 0.29) is 54.0 Å². The van der Waals surface area contributed by atoms with Gasteiger partial charge < -0.3 is 54.2 Å². The summed E-state index contributed by atoms with van der Waals surface area (Å²) in [4.78, 5) is 57.2. The number of hydrogen-bond donors (Lipinski definition) is 3. The van der Waals surface area contributed by atoms with Gasteiger partial charge in [-0.25, -0.2) is 4.79 Å². The lowest BCUT2D eigenvalue weighted by Gasteiger charge is -2.55. The summed E-state index contributed by atoms with van der Waals surface area (Å²) in [6, 6.07) is 14.8. The number of aromatic nitrogens is 1. The van der Waals surface area contributed by atoms with E-state index in [1.807, 2.05) is 37.3 Å². The maximum Gasteiger partial charge on any atom is 0.352 e. The number of fused-ring (bicyclic) bond motifs is 7.